The minimum atomic E-state index is -0.379. The van der Waals surface area contributed by atoms with Crippen LogP contribution in [0.15, 0.2) is 48.5 Å². The van der Waals surface area contributed by atoms with Crippen LogP contribution in [0.1, 0.15) is 37.5 Å². The summed E-state index contributed by atoms with van der Waals surface area (Å²) in [6, 6.07) is 13.7. The monoisotopic (exact) mass is 330 g/mol. The second-order valence-corrected chi connectivity index (χ2v) is 5.72. The zero-order valence-corrected chi connectivity index (χ0v) is 14.0. The van der Waals surface area contributed by atoms with Gasteiger partial charge in [0.2, 0.25) is 5.91 Å². The molecule has 0 bridgehead atoms. The molecular formula is C19H23FN2O2. The Hall–Kier alpha value is -2.40. The van der Waals surface area contributed by atoms with Crippen LogP contribution in [-0.4, -0.2) is 11.9 Å². The smallest absolute Gasteiger partial charge is 0.234 e. The second-order valence-electron chi connectivity index (χ2n) is 5.72. The molecule has 3 N–H and O–H groups in total. The summed E-state index contributed by atoms with van der Waals surface area (Å²) in [5.41, 5.74) is 7.05. The molecule has 2 rings (SSSR count). The number of benzene rings is 2. The number of nitrogens with two attached hydrogens (primary N) is 1. The number of amides is 1. The van der Waals surface area contributed by atoms with Crippen LogP contribution in [0.4, 0.5) is 4.39 Å². The average molecular weight is 330 g/mol. The molecule has 0 aliphatic carbocycles. The van der Waals surface area contributed by atoms with Gasteiger partial charge in [0.1, 0.15) is 17.7 Å². The molecule has 0 radical (unpaired) electrons. The van der Waals surface area contributed by atoms with E-state index in [2.05, 4.69) is 5.32 Å². The Kier molecular flexibility index (Phi) is 6.32. The Labute approximate surface area is 141 Å². The van der Waals surface area contributed by atoms with E-state index in [0.29, 0.717) is 6.54 Å². The highest BCUT2D eigenvalue weighted by Gasteiger charge is 2.12. The van der Waals surface area contributed by atoms with Gasteiger partial charge in [-0.3, -0.25) is 4.79 Å². The molecule has 2 unspecified atom stereocenters. The summed E-state index contributed by atoms with van der Waals surface area (Å²) in [4.78, 5) is 11.0. The summed E-state index contributed by atoms with van der Waals surface area (Å²) in [6.45, 7) is 4.27. The van der Waals surface area contributed by atoms with Gasteiger partial charge < -0.3 is 15.8 Å². The zero-order valence-electron chi connectivity index (χ0n) is 14.0. The van der Waals surface area contributed by atoms with Gasteiger partial charge in [-0.05, 0) is 48.7 Å². The Balaban J connectivity index is 1.98. The topological polar surface area (TPSA) is 64.3 Å². The van der Waals surface area contributed by atoms with Gasteiger partial charge in [0.25, 0.3) is 0 Å². The number of nitrogens with one attached hydrogen (secondary N) is 1. The van der Waals surface area contributed by atoms with E-state index in [4.69, 9.17) is 10.5 Å². The van der Waals surface area contributed by atoms with Crippen molar-refractivity contribution in [3.05, 3.63) is 65.5 Å². The number of primary amides is 1. The van der Waals surface area contributed by atoms with E-state index < -0.39 is 0 Å². The molecule has 0 spiro atoms. The number of hydrogen-bond donors (Lipinski definition) is 2. The lowest BCUT2D eigenvalue weighted by atomic mass is 10.1. The van der Waals surface area contributed by atoms with Crippen molar-refractivity contribution < 1.29 is 13.9 Å². The van der Waals surface area contributed by atoms with Crippen molar-refractivity contribution in [1.82, 2.24) is 5.32 Å². The van der Waals surface area contributed by atoms with Crippen molar-refractivity contribution in [3.8, 4) is 5.75 Å². The summed E-state index contributed by atoms with van der Waals surface area (Å²) < 4.78 is 19.3. The highest BCUT2D eigenvalue weighted by atomic mass is 19.1. The summed E-state index contributed by atoms with van der Waals surface area (Å²) in [6.07, 6.45) is 0.544. The minimum absolute atomic E-state index is 0.195. The van der Waals surface area contributed by atoms with Gasteiger partial charge in [0.15, 0.2) is 0 Å². The first-order chi connectivity index (χ1) is 11.5. The predicted molar refractivity (Wildman–Crippen MR) is 92.0 cm³/mol. The maximum atomic E-state index is 13.4. The lowest BCUT2D eigenvalue weighted by Gasteiger charge is -2.18. The third kappa shape index (κ3) is 5.06. The van der Waals surface area contributed by atoms with E-state index in [-0.39, 0.29) is 23.9 Å². The van der Waals surface area contributed by atoms with Crippen LogP contribution in [0.2, 0.25) is 0 Å². The number of halogens is 1. The molecular weight excluding hydrogens is 307 g/mol. The molecule has 0 saturated carbocycles. The quantitative estimate of drug-likeness (QED) is 0.780. The van der Waals surface area contributed by atoms with E-state index >= 15 is 0 Å². The number of carbonyl (C=O) groups excluding carboxylic acids is 1. The van der Waals surface area contributed by atoms with Crippen molar-refractivity contribution in [2.24, 2.45) is 5.73 Å². The van der Waals surface area contributed by atoms with Gasteiger partial charge in [-0.2, -0.15) is 0 Å². The fourth-order valence-electron chi connectivity index (χ4n) is 2.32. The standard InChI is InChI=1S/C19H23FN2O2/c1-3-18(15-5-4-6-16(20)11-15)24-17-9-7-14(8-10-17)12-22-13(2)19(21)23/h4-11,13,18,22H,3,12H2,1-2H3,(H2,21,23). The van der Waals surface area contributed by atoms with Gasteiger partial charge in [0.05, 0.1) is 6.04 Å². The fourth-order valence-corrected chi connectivity index (χ4v) is 2.32. The van der Waals surface area contributed by atoms with Crippen LogP contribution >= 0.6 is 0 Å². The maximum absolute atomic E-state index is 13.4. The number of carbonyl (C=O) groups is 1. The molecule has 0 saturated heterocycles. The first-order valence-corrected chi connectivity index (χ1v) is 8.03. The first kappa shape index (κ1) is 17.9. The van der Waals surface area contributed by atoms with E-state index in [1.807, 2.05) is 37.3 Å². The molecule has 1 amide bonds. The zero-order chi connectivity index (χ0) is 17.5. The molecule has 5 heteroatoms. The van der Waals surface area contributed by atoms with E-state index in [1.54, 1.807) is 13.0 Å². The molecule has 2 aromatic carbocycles. The van der Waals surface area contributed by atoms with Crippen molar-refractivity contribution in [3.63, 3.8) is 0 Å². The van der Waals surface area contributed by atoms with Crippen LogP contribution in [0.5, 0.6) is 5.75 Å². The maximum Gasteiger partial charge on any atom is 0.234 e. The molecule has 0 fully saturated rings. The van der Waals surface area contributed by atoms with Crippen LogP contribution < -0.4 is 15.8 Å². The number of hydrogen-bond acceptors (Lipinski definition) is 3. The molecule has 0 aromatic heterocycles. The Morgan fingerprint density at radius 2 is 1.96 bits per heavy atom. The summed E-state index contributed by atoms with van der Waals surface area (Å²) in [5, 5.41) is 3.04. The number of rotatable bonds is 8. The highest BCUT2D eigenvalue weighted by molar-refractivity contribution is 5.79. The minimum Gasteiger partial charge on any atom is -0.486 e. The summed E-state index contributed by atoms with van der Waals surface area (Å²) in [5.74, 6) is 0.0770. The van der Waals surface area contributed by atoms with E-state index in [9.17, 15) is 9.18 Å². The third-order valence-corrected chi connectivity index (χ3v) is 3.83. The molecule has 0 aliphatic rings. The Morgan fingerprint density at radius 3 is 2.54 bits per heavy atom. The molecule has 24 heavy (non-hydrogen) atoms. The van der Waals surface area contributed by atoms with Crippen molar-refractivity contribution in [2.45, 2.75) is 39.0 Å². The van der Waals surface area contributed by atoms with Crippen LogP contribution in [0.3, 0.4) is 0 Å². The molecule has 0 aliphatic heterocycles. The van der Waals surface area contributed by atoms with Gasteiger partial charge in [-0.25, -0.2) is 4.39 Å². The lowest BCUT2D eigenvalue weighted by Crippen LogP contribution is -2.38. The normalized spacial score (nSPS) is 13.3. The van der Waals surface area contributed by atoms with Crippen molar-refractivity contribution >= 4 is 5.91 Å². The Morgan fingerprint density at radius 1 is 1.25 bits per heavy atom. The highest BCUT2D eigenvalue weighted by Crippen LogP contribution is 2.25. The predicted octanol–water partition coefficient (Wildman–Crippen LogP) is 3.32. The number of ether oxygens (including phenoxy) is 1. The molecule has 2 aromatic rings. The van der Waals surface area contributed by atoms with Gasteiger partial charge in [-0.1, -0.05) is 31.2 Å². The molecule has 4 nitrogen and oxygen atoms in total. The molecule has 0 heterocycles. The molecule has 128 valence electrons. The van der Waals surface area contributed by atoms with Gasteiger partial charge >= 0.3 is 0 Å². The lowest BCUT2D eigenvalue weighted by molar-refractivity contribution is -0.119. The van der Waals surface area contributed by atoms with Crippen molar-refractivity contribution in [2.75, 3.05) is 0 Å². The Bertz CT molecular complexity index is 673. The molecule has 2 atom stereocenters. The van der Waals surface area contributed by atoms with Gasteiger partial charge in [-0.15, -0.1) is 0 Å². The van der Waals surface area contributed by atoms with E-state index in [1.165, 1.54) is 12.1 Å². The summed E-state index contributed by atoms with van der Waals surface area (Å²) >= 11 is 0. The fraction of sp³-hybridized carbons (Fsp3) is 0.316. The van der Waals surface area contributed by atoms with Gasteiger partial charge in [0, 0.05) is 6.54 Å². The second kappa shape index (κ2) is 8.45. The van der Waals surface area contributed by atoms with Crippen LogP contribution in [0.25, 0.3) is 0 Å². The van der Waals surface area contributed by atoms with E-state index in [0.717, 1.165) is 23.3 Å². The summed E-state index contributed by atoms with van der Waals surface area (Å²) in [7, 11) is 0. The van der Waals surface area contributed by atoms with Crippen molar-refractivity contribution in [1.29, 1.82) is 0 Å². The average Bonchev–Trinajstić information content (AvgIpc) is 2.58. The SMILES string of the molecule is CCC(Oc1ccc(CNC(C)C(N)=O)cc1)c1cccc(F)c1. The largest absolute Gasteiger partial charge is 0.486 e. The first-order valence-electron chi connectivity index (χ1n) is 8.03. The van der Waals surface area contributed by atoms with Crippen LogP contribution in [-0.2, 0) is 11.3 Å². The van der Waals surface area contributed by atoms with Crippen LogP contribution in [0, 0.1) is 5.82 Å². The third-order valence-electron chi connectivity index (χ3n) is 3.83.